The molecule has 3 nitrogen and oxygen atoms in total. The lowest BCUT2D eigenvalue weighted by Gasteiger charge is -2.08. The molecule has 1 amide bonds. The predicted molar refractivity (Wildman–Crippen MR) is 84.1 cm³/mol. The summed E-state index contributed by atoms with van der Waals surface area (Å²) in [4.78, 5) is 11.8. The molecule has 20 heavy (non-hydrogen) atoms. The van der Waals surface area contributed by atoms with Crippen LogP contribution >= 0.6 is 0 Å². The number of carbonyl (C=O) groups is 1. The highest BCUT2D eigenvalue weighted by molar-refractivity contribution is 5.92. The number of anilines is 1. The van der Waals surface area contributed by atoms with Gasteiger partial charge in [-0.2, -0.15) is 0 Å². The zero-order valence-electron chi connectivity index (χ0n) is 12.7. The molecule has 0 spiro atoms. The molecule has 3 heteroatoms. The fraction of sp³-hybridized carbons (Fsp3) is 0.588. The first kappa shape index (κ1) is 16.5. The molecule has 0 heterocycles. The molecule has 0 atom stereocenters. The summed E-state index contributed by atoms with van der Waals surface area (Å²) < 4.78 is 0. The lowest BCUT2D eigenvalue weighted by molar-refractivity contribution is -0.116. The zero-order valence-corrected chi connectivity index (χ0v) is 12.7. The molecule has 0 aromatic heterocycles. The highest BCUT2D eigenvalue weighted by atomic mass is 16.3. The zero-order chi connectivity index (χ0) is 14.8. The SMILES string of the molecule is CCCCCCCCCC(=O)Nc1cc(C)ccc1O. The summed E-state index contributed by atoms with van der Waals surface area (Å²) in [7, 11) is 0. The van der Waals surface area contributed by atoms with Gasteiger partial charge in [0.15, 0.2) is 0 Å². The van der Waals surface area contributed by atoms with E-state index in [4.69, 9.17) is 0 Å². The first-order valence-electron chi connectivity index (χ1n) is 7.73. The van der Waals surface area contributed by atoms with Crippen molar-refractivity contribution >= 4 is 11.6 Å². The van der Waals surface area contributed by atoms with Crippen molar-refractivity contribution in [2.24, 2.45) is 0 Å². The van der Waals surface area contributed by atoms with Crippen LogP contribution < -0.4 is 5.32 Å². The number of rotatable bonds is 9. The van der Waals surface area contributed by atoms with Crippen LogP contribution in [0.25, 0.3) is 0 Å². The Bertz CT molecular complexity index is 415. The van der Waals surface area contributed by atoms with Crippen LogP contribution in [0.15, 0.2) is 18.2 Å². The third-order valence-electron chi connectivity index (χ3n) is 3.43. The van der Waals surface area contributed by atoms with Crippen molar-refractivity contribution in [3.05, 3.63) is 23.8 Å². The van der Waals surface area contributed by atoms with Gasteiger partial charge in [-0.1, -0.05) is 51.5 Å². The molecule has 1 rings (SSSR count). The van der Waals surface area contributed by atoms with Gasteiger partial charge in [-0.15, -0.1) is 0 Å². The van der Waals surface area contributed by atoms with Gasteiger partial charge in [0.1, 0.15) is 5.75 Å². The lowest BCUT2D eigenvalue weighted by Crippen LogP contribution is -2.11. The normalized spacial score (nSPS) is 10.5. The summed E-state index contributed by atoms with van der Waals surface area (Å²) in [6.07, 6.45) is 8.93. The van der Waals surface area contributed by atoms with Gasteiger partial charge < -0.3 is 10.4 Å². The van der Waals surface area contributed by atoms with Gasteiger partial charge in [0.25, 0.3) is 0 Å². The van der Waals surface area contributed by atoms with Crippen LogP contribution in [0.5, 0.6) is 5.75 Å². The molecule has 0 saturated heterocycles. The molecule has 0 saturated carbocycles. The van der Waals surface area contributed by atoms with Crippen LogP contribution in [0, 0.1) is 6.92 Å². The summed E-state index contributed by atoms with van der Waals surface area (Å²) >= 11 is 0. The number of carbonyl (C=O) groups excluding carboxylic acids is 1. The summed E-state index contributed by atoms with van der Waals surface area (Å²) in [5.41, 5.74) is 1.53. The van der Waals surface area contributed by atoms with E-state index in [0.29, 0.717) is 12.1 Å². The van der Waals surface area contributed by atoms with E-state index in [0.717, 1.165) is 18.4 Å². The van der Waals surface area contributed by atoms with Crippen LogP contribution in [0.2, 0.25) is 0 Å². The molecule has 0 aliphatic rings. The topological polar surface area (TPSA) is 49.3 Å². The number of benzene rings is 1. The Morgan fingerprint density at radius 1 is 1.10 bits per heavy atom. The van der Waals surface area contributed by atoms with Crippen molar-refractivity contribution in [2.75, 3.05) is 5.32 Å². The molecule has 1 aromatic carbocycles. The van der Waals surface area contributed by atoms with Crippen LogP contribution in [-0.2, 0) is 4.79 Å². The Balaban J connectivity index is 2.19. The molecule has 112 valence electrons. The van der Waals surface area contributed by atoms with Crippen molar-refractivity contribution in [1.29, 1.82) is 0 Å². The molecule has 0 bridgehead atoms. The van der Waals surface area contributed by atoms with E-state index >= 15 is 0 Å². The quantitative estimate of drug-likeness (QED) is 0.504. The van der Waals surface area contributed by atoms with E-state index in [1.807, 2.05) is 13.0 Å². The fourth-order valence-corrected chi connectivity index (χ4v) is 2.21. The number of hydrogen-bond acceptors (Lipinski definition) is 2. The first-order chi connectivity index (χ1) is 9.63. The largest absolute Gasteiger partial charge is 0.506 e. The Labute approximate surface area is 122 Å². The van der Waals surface area contributed by atoms with Gasteiger partial charge >= 0.3 is 0 Å². The predicted octanol–water partition coefficient (Wildman–Crippen LogP) is 4.78. The third-order valence-corrected chi connectivity index (χ3v) is 3.43. The van der Waals surface area contributed by atoms with Crippen molar-refractivity contribution in [3.8, 4) is 5.75 Å². The van der Waals surface area contributed by atoms with Gasteiger partial charge in [0.05, 0.1) is 5.69 Å². The number of aromatic hydroxyl groups is 1. The van der Waals surface area contributed by atoms with Crippen LogP contribution in [0.3, 0.4) is 0 Å². The summed E-state index contributed by atoms with van der Waals surface area (Å²) in [6, 6.07) is 5.22. The number of hydrogen-bond donors (Lipinski definition) is 2. The van der Waals surface area contributed by atoms with Crippen molar-refractivity contribution in [1.82, 2.24) is 0 Å². The van der Waals surface area contributed by atoms with E-state index in [1.165, 1.54) is 32.1 Å². The molecule has 0 unspecified atom stereocenters. The average Bonchev–Trinajstić information content (AvgIpc) is 2.42. The number of amides is 1. The summed E-state index contributed by atoms with van der Waals surface area (Å²) in [5.74, 6) is 0.114. The van der Waals surface area contributed by atoms with Crippen molar-refractivity contribution in [3.63, 3.8) is 0 Å². The molecular weight excluding hydrogens is 250 g/mol. The molecule has 2 N–H and O–H groups in total. The van der Waals surface area contributed by atoms with E-state index in [-0.39, 0.29) is 11.7 Å². The van der Waals surface area contributed by atoms with Gasteiger partial charge in [-0.05, 0) is 31.0 Å². The van der Waals surface area contributed by atoms with Crippen LogP contribution in [-0.4, -0.2) is 11.0 Å². The Morgan fingerprint density at radius 3 is 2.45 bits per heavy atom. The van der Waals surface area contributed by atoms with E-state index in [1.54, 1.807) is 12.1 Å². The van der Waals surface area contributed by atoms with Crippen molar-refractivity contribution < 1.29 is 9.90 Å². The second-order valence-electron chi connectivity index (χ2n) is 5.44. The Morgan fingerprint density at radius 2 is 1.75 bits per heavy atom. The number of phenols is 1. The minimum Gasteiger partial charge on any atom is -0.506 e. The maximum Gasteiger partial charge on any atom is 0.224 e. The highest BCUT2D eigenvalue weighted by Crippen LogP contribution is 2.24. The molecule has 0 aliphatic carbocycles. The molecule has 0 aliphatic heterocycles. The number of aryl methyl sites for hydroxylation is 1. The fourth-order valence-electron chi connectivity index (χ4n) is 2.21. The van der Waals surface area contributed by atoms with Gasteiger partial charge in [0.2, 0.25) is 5.91 Å². The third kappa shape index (κ3) is 6.60. The summed E-state index contributed by atoms with van der Waals surface area (Å²) in [5, 5.41) is 12.4. The minimum atomic E-state index is -0.0144. The van der Waals surface area contributed by atoms with E-state index in [2.05, 4.69) is 12.2 Å². The van der Waals surface area contributed by atoms with Gasteiger partial charge in [-0.25, -0.2) is 0 Å². The van der Waals surface area contributed by atoms with Gasteiger partial charge in [-0.3, -0.25) is 4.79 Å². The van der Waals surface area contributed by atoms with Crippen molar-refractivity contribution in [2.45, 2.75) is 65.2 Å². The average molecular weight is 277 g/mol. The lowest BCUT2D eigenvalue weighted by atomic mass is 10.1. The second-order valence-corrected chi connectivity index (χ2v) is 5.44. The highest BCUT2D eigenvalue weighted by Gasteiger charge is 2.06. The van der Waals surface area contributed by atoms with Crippen LogP contribution in [0.1, 0.15) is 63.9 Å². The van der Waals surface area contributed by atoms with Crippen LogP contribution in [0.4, 0.5) is 5.69 Å². The maximum absolute atomic E-state index is 11.8. The smallest absolute Gasteiger partial charge is 0.224 e. The number of phenolic OH excluding ortho intramolecular Hbond substituents is 1. The number of nitrogens with one attached hydrogen (secondary N) is 1. The maximum atomic E-state index is 11.8. The Kier molecular flexibility index (Phi) is 7.78. The van der Waals surface area contributed by atoms with E-state index < -0.39 is 0 Å². The molecular formula is C17H27NO2. The first-order valence-corrected chi connectivity index (χ1v) is 7.73. The standard InChI is InChI=1S/C17H27NO2/c1-3-4-5-6-7-8-9-10-17(20)18-15-13-14(2)11-12-16(15)19/h11-13,19H,3-10H2,1-2H3,(H,18,20). The minimum absolute atomic E-state index is 0.0144. The van der Waals surface area contributed by atoms with Gasteiger partial charge in [0, 0.05) is 6.42 Å². The molecule has 0 fully saturated rings. The Hall–Kier alpha value is -1.51. The number of unbranched alkanes of at least 4 members (excludes halogenated alkanes) is 6. The van der Waals surface area contributed by atoms with E-state index in [9.17, 15) is 9.90 Å². The monoisotopic (exact) mass is 277 g/mol. The molecule has 1 aromatic rings. The molecule has 0 radical (unpaired) electrons. The second kappa shape index (κ2) is 9.40. The summed E-state index contributed by atoms with van der Waals surface area (Å²) in [6.45, 7) is 4.15.